The van der Waals surface area contributed by atoms with Gasteiger partial charge in [0.05, 0.1) is 4.90 Å². The van der Waals surface area contributed by atoms with Crippen LogP contribution in [0.15, 0.2) is 63.3 Å². The molecule has 9 nitrogen and oxygen atoms in total. The Morgan fingerprint density at radius 1 is 1.15 bits per heavy atom. The smallest absolute Gasteiger partial charge is 0.339 e. The van der Waals surface area contributed by atoms with Gasteiger partial charge in [0, 0.05) is 0 Å². The first-order chi connectivity index (χ1) is 12.7. The number of amidine groups is 1. The van der Waals surface area contributed by atoms with Crippen molar-refractivity contribution in [2.75, 3.05) is 6.26 Å². The van der Waals surface area contributed by atoms with Crippen LogP contribution in [0, 0.1) is 11.5 Å². The molecule has 0 spiro atoms. The summed E-state index contributed by atoms with van der Waals surface area (Å²) in [5.41, 5.74) is -0.211. The summed E-state index contributed by atoms with van der Waals surface area (Å²) in [6.07, 6.45) is 3.24. The van der Waals surface area contributed by atoms with E-state index in [-0.39, 0.29) is 21.5 Å². The Bertz CT molecular complexity index is 1110. The maximum atomic E-state index is 12.4. The molecule has 0 aliphatic rings. The summed E-state index contributed by atoms with van der Waals surface area (Å²) in [7, 11) is -8.77. The van der Waals surface area contributed by atoms with Crippen molar-refractivity contribution in [3.05, 3.63) is 48.5 Å². The molecule has 0 aliphatic carbocycles. The van der Waals surface area contributed by atoms with Crippen LogP contribution in [0.4, 0.5) is 5.69 Å². The fourth-order valence-electron chi connectivity index (χ4n) is 1.85. The summed E-state index contributed by atoms with van der Waals surface area (Å²) in [5, 5.41) is 11.0. The lowest BCUT2D eigenvalue weighted by Crippen LogP contribution is -2.13. The van der Waals surface area contributed by atoms with Gasteiger partial charge in [-0.15, -0.1) is 0 Å². The molecule has 0 saturated heterocycles. The predicted octanol–water partition coefficient (Wildman–Crippen LogP) is 2.12. The van der Waals surface area contributed by atoms with Crippen molar-refractivity contribution >= 4 is 42.9 Å². The second-order valence-electron chi connectivity index (χ2n) is 4.81. The minimum atomic E-state index is -4.56. The lowest BCUT2D eigenvalue weighted by Gasteiger charge is -2.11. The molecule has 0 fully saturated rings. The van der Waals surface area contributed by atoms with Crippen molar-refractivity contribution in [1.29, 1.82) is 5.26 Å². The first-order valence-corrected chi connectivity index (χ1v) is 11.1. The second kappa shape index (κ2) is 8.40. The minimum Gasteiger partial charge on any atom is -0.377 e. The Morgan fingerprint density at radius 2 is 1.81 bits per heavy atom. The molecule has 2 aromatic carbocycles. The number of nitrogens with zero attached hydrogens (tertiary/aromatic N) is 2. The van der Waals surface area contributed by atoms with Gasteiger partial charge in [-0.3, -0.25) is 9.87 Å². The molecule has 0 bridgehead atoms. The summed E-state index contributed by atoms with van der Waals surface area (Å²) in [6, 6.07) is 10.3. The van der Waals surface area contributed by atoms with Crippen molar-refractivity contribution in [1.82, 2.24) is 5.32 Å². The molecule has 0 heterocycles. The van der Waals surface area contributed by atoms with E-state index in [4.69, 9.17) is 9.44 Å². The van der Waals surface area contributed by atoms with Crippen molar-refractivity contribution in [2.24, 2.45) is 4.99 Å². The Labute approximate surface area is 160 Å². The maximum Gasteiger partial charge on any atom is 0.339 e. The van der Waals surface area contributed by atoms with Crippen LogP contribution in [0.5, 0.6) is 5.75 Å². The summed E-state index contributed by atoms with van der Waals surface area (Å²) < 4.78 is 61.8. The third-order valence-electron chi connectivity index (χ3n) is 3.04. The van der Waals surface area contributed by atoms with E-state index in [1.807, 2.05) is 0 Å². The van der Waals surface area contributed by atoms with Gasteiger partial charge in [-0.05, 0) is 36.6 Å². The molecule has 27 heavy (non-hydrogen) atoms. The van der Waals surface area contributed by atoms with E-state index in [0.717, 1.165) is 30.0 Å². The van der Waals surface area contributed by atoms with Crippen molar-refractivity contribution in [3.63, 3.8) is 0 Å². The van der Waals surface area contributed by atoms with Crippen LogP contribution in [0.3, 0.4) is 0 Å². The van der Waals surface area contributed by atoms with E-state index < -0.39 is 25.1 Å². The number of rotatable bonds is 5. The quantitative estimate of drug-likeness (QED) is 0.183. The first-order valence-electron chi connectivity index (χ1n) is 7.06. The largest absolute Gasteiger partial charge is 0.377 e. The standard InChI is InChI=1S/C15H13N3O6S3/c1-25-15(17-10-16)18-13-9-12(26(19,20)21)7-8-14(13)24-27(22,23)11-5-3-2-4-6-11/h2-9H,1H3,(H,17,18)(H,19,20,21). The number of hydrogen-bond acceptors (Lipinski definition) is 8. The lowest BCUT2D eigenvalue weighted by molar-refractivity contribution is 0.482. The van der Waals surface area contributed by atoms with E-state index in [1.165, 1.54) is 24.3 Å². The van der Waals surface area contributed by atoms with Gasteiger partial charge in [0.25, 0.3) is 10.1 Å². The third kappa shape index (κ3) is 5.44. The number of nitrogens with one attached hydrogen (secondary N) is 1. The summed E-state index contributed by atoms with van der Waals surface area (Å²) in [4.78, 5) is 3.38. The maximum absolute atomic E-state index is 12.4. The average molecular weight is 427 g/mol. The number of benzene rings is 2. The highest BCUT2D eigenvalue weighted by molar-refractivity contribution is 8.13. The van der Waals surface area contributed by atoms with E-state index in [9.17, 15) is 21.4 Å². The highest BCUT2D eigenvalue weighted by Gasteiger charge is 2.20. The Kier molecular flexibility index (Phi) is 6.45. The van der Waals surface area contributed by atoms with Crippen molar-refractivity contribution < 1.29 is 25.6 Å². The monoisotopic (exact) mass is 427 g/mol. The normalized spacial score (nSPS) is 12.3. The molecule has 0 aliphatic heterocycles. The van der Waals surface area contributed by atoms with Gasteiger partial charge < -0.3 is 4.18 Å². The SMILES string of the molecule is CSC(=Nc1cc(S(=O)(=O)O)ccc1OS(=O)(=O)c1ccccc1)NC#N. The van der Waals surface area contributed by atoms with Crippen LogP contribution in [0.2, 0.25) is 0 Å². The van der Waals surface area contributed by atoms with E-state index in [1.54, 1.807) is 18.5 Å². The average Bonchev–Trinajstić information content (AvgIpc) is 2.62. The van der Waals surface area contributed by atoms with Gasteiger partial charge in [-0.2, -0.15) is 22.1 Å². The van der Waals surface area contributed by atoms with Crippen LogP contribution in [0.1, 0.15) is 0 Å². The molecular weight excluding hydrogens is 414 g/mol. The van der Waals surface area contributed by atoms with Crippen molar-refractivity contribution in [2.45, 2.75) is 9.79 Å². The summed E-state index contributed by atoms with van der Waals surface area (Å²) in [5.74, 6) is -0.280. The molecule has 142 valence electrons. The fourth-order valence-corrected chi connectivity index (χ4v) is 3.65. The Hall–Kier alpha value is -2.59. The zero-order valence-corrected chi connectivity index (χ0v) is 16.2. The molecular formula is C15H13N3O6S3. The predicted molar refractivity (Wildman–Crippen MR) is 99.9 cm³/mol. The summed E-state index contributed by atoms with van der Waals surface area (Å²) in [6.45, 7) is 0. The van der Waals surface area contributed by atoms with Gasteiger partial charge in [0.1, 0.15) is 10.6 Å². The molecule has 12 heteroatoms. The highest BCUT2D eigenvalue weighted by atomic mass is 32.2. The molecule has 0 unspecified atom stereocenters. The fraction of sp³-hybridized carbons (Fsp3) is 0.0667. The third-order valence-corrected chi connectivity index (χ3v) is 5.72. The number of aliphatic imine (C=N–C) groups is 1. The van der Waals surface area contributed by atoms with Crippen molar-refractivity contribution in [3.8, 4) is 11.9 Å². The topological polar surface area (TPSA) is 146 Å². The van der Waals surface area contributed by atoms with Gasteiger partial charge in [-0.1, -0.05) is 30.0 Å². The van der Waals surface area contributed by atoms with Crippen LogP contribution in [0.25, 0.3) is 0 Å². The van der Waals surface area contributed by atoms with Gasteiger partial charge in [0.2, 0.25) is 0 Å². The van der Waals surface area contributed by atoms with Crippen LogP contribution < -0.4 is 9.50 Å². The number of nitriles is 1. The van der Waals surface area contributed by atoms with Gasteiger partial charge >= 0.3 is 10.1 Å². The molecule has 0 saturated carbocycles. The van der Waals surface area contributed by atoms with E-state index >= 15 is 0 Å². The molecule has 0 atom stereocenters. The lowest BCUT2D eigenvalue weighted by atomic mass is 10.3. The highest BCUT2D eigenvalue weighted by Crippen LogP contribution is 2.33. The molecule has 2 aromatic rings. The van der Waals surface area contributed by atoms with E-state index in [2.05, 4.69) is 10.3 Å². The first kappa shape index (κ1) is 20.7. The Balaban J connectivity index is 2.57. The zero-order chi connectivity index (χ0) is 20.1. The zero-order valence-electron chi connectivity index (χ0n) is 13.7. The van der Waals surface area contributed by atoms with Gasteiger partial charge in [0.15, 0.2) is 17.1 Å². The Morgan fingerprint density at radius 3 is 2.37 bits per heavy atom. The number of thioether (sulfide) groups is 1. The second-order valence-corrected chi connectivity index (χ2v) is 8.58. The van der Waals surface area contributed by atoms with Crippen LogP contribution >= 0.6 is 11.8 Å². The molecule has 0 amide bonds. The van der Waals surface area contributed by atoms with Crippen LogP contribution in [-0.2, 0) is 20.2 Å². The van der Waals surface area contributed by atoms with Crippen LogP contribution in [-0.4, -0.2) is 32.8 Å². The molecule has 0 radical (unpaired) electrons. The molecule has 0 aromatic heterocycles. The van der Waals surface area contributed by atoms with Gasteiger partial charge in [-0.25, -0.2) is 4.99 Å². The number of hydrogen-bond donors (Lipinski definition) is 2. The molecule has 2 rings (SSSR count). The molecule has 2 N–H and O–H groups in total. The van der Waals surface area contributed by atoms with E-state index in [0.29, 0.717) is 0 Å². The summed E-state index contributed by atoms with van der Waals surface area (Å²) >= 11 is 1.03. The minimum absolute atomic E-state index is 0.0620.